The van der Waals surface area contributed by atoms with Crippen LogP contribution in [0.25, 0.3) is 0 Å². The maximum absolute atomic E-state index is 5.57. The lowest BCUT2D eigenvalue weighted by molar-refractivity contribution is 0.353. The summed E-state index contributed by atoms with van der Waals surface area (Å²) in [6.45, 7) is 1.03. The van der Waals surface area contributed by atoms with E-state index in [0.717, 1.165) is 23.5 Å². The molecule has 3 nitrogen and oxygen atoms in total. The van der Waals surface area contributed by atoms with Gasteiger partial charge < -0.3 is 15.2 Å². The van der Waals surface area contributed by atoms with Crippen molar-refractivity contribution in [3.8, 4) is 11.5 Å². The van der Waals surface area contributed by atoms with Crippen molar-refractivity contribution in [1.29, 1.82) is 0 Å². The van der Waals surface area contributed by atoms with Crippen molar-refractivity contribution in [1.82, 2.24) is 0 Å². The highest BCUT2D eigenvalue weighted by molar-refractivity contribution is 6.25. The Kier molecular flexibility index (Phi) is 5.75. The second-order valence-corrected chi connectivity index (χ2v) is 3.44. The van der Waals surface area contributed by atoms with E-state index < -0.39 is 0 Å². The molecule has 0 amide bonds. The molecule has 0 fully saturated rings. The molecule has 0 unspecified atom stereocenters. The minimum atomic E-state index is 0.439. The van der Waals surface area contributed by atoms with Gasteiger partial charge in [0.15, 0.2) is 0 Å². The molecule has 0 aromatic heterocycles. The van der Waals surface area contributed by atoms with Gasteiger partial charge in [-0.2, -0.15) is 0 Å². The molecule has 0 aliphatic heterocycles. The highest BCUT2D eigenvalue weighted by atomic mass is 35.5. The van der Waals surface area contributed by atoms with Crippen LogP contribution in [0.15, 0.2) is 29.8 Å². The first-order chi connectivity index (χ1) is 7.81. The fraction of sp³-hybridized carbons (Fsp3) is 0.333. The van der Waals surface area contributed by atoms with Crippen molar-refractivity contribution in [2.75, 3.05) is 20.3 Å². The van der Waals surface area contributed by atoms with Crippen molar-refractivity contribution in [2.24, 2.45) is 5.73 Å². The molecule has 1 rings (SSSR count). The normalized spacial score (nSPS) is 10.7. The SMILES string of the molecule is COc1ccc(CCN)c(OCC=CCl)c1. The van der Waals surface area contributed by atoms with Crippen LogP contribution in [0.1, 0.15) is 5.56 Å². The molecule has 16 heavy (non-hydrogen) atoms. The van der Waals surface area contributed by atoms with Crippen molar-refractivity contribution < 1.29 is 9.47 Å². The van der Waals surface area contributed by atoms with E-state index in [1.165, 1.54) is 5.54 Å². The third-order valence-corrected chi connectivity index (χ3v) is 2.29. The van der Waals surface area contributed by atoms with Gasteiger partial charge in [0.25, 0.3) is 0 Å². The predicted molar refractivity (Wildman–Crippen MR) is 66.2 cm³/mol. The minimum absolute atomic E-state index is 0.439. The number of hydrogen-bond donors (Lipinski definition) is 1. The summed E-state index contributed by atoms with van der Waals surface area (Å²) >= 11 is 5.42. The van der Waals surface area contributed by atoms with Crippen LogP contribution in [-0.4, -0.2) is 20.3 Å². The Morgan fingerprint density at radius 3 is 2.88 bits per heavy atom. The Labute approximate surface area is 101 Å². The van der Waals surface area contributed by atoms with Crippen LogP contribution in [-0.2, 0) is 6.42 Å². The number of rotatable bonds is 6. The highest BCUT2D eigenvalue weighted by Gasteiger charge is 2.04. The van der Waals surface area contributed by atoms with E-state index in [9.17, 15) is 0 Å². The summed E-state index contributed by atoms with van der Waals surface area (Å²) in [5, 5.41) is 0. The van der Waals surface area contributed by atoms with Gasteiger partial charge in [-0.3, -0.25) is 0 Å². The maximum atomic E-state index is 5.57. The number of methoxy groups -OCH3 is 1. The molecule has 0 saturated carbocycles. The molecule has 0 saturated heterocycles. The first-order valence-corrected chi connectivity index (χ1v) is 5.50. The molecular weight excluding hydrogens is 226 g/mol. The van der Waals surface area contributed by atoms with Crippen LogP contribution in [0.3, 0.4) is 0 Å². The number of hydrogen-bond acceptors (Lipinski definition) is 3. The van der Waals surface area contributed by atoms with Crippen LogP contribution in [0, 0.1) is 0 Å². The van der Waals surface area contributed by atoms with E-state index >= 15 is 0 Å². The van der Waals surface area contributed by atoms with Gasteiger partial charge in [0, 0.05) is 11.6 Å². The quantitative estimate of drug-likeness (QED) is 0.832. The van der Waals surface area contributed by atoms with E-state index in [2.05, 4.69) is 0 Å². The average molecular weight is 242 g/mol. The molecule has 0 radical (unpaired) electrons. The highest BCUT2D eigenvalue weighted by Crippen LogP contribution is 2.25. The Morgan fingerprint density at radius 2 is 2.25 bits per heavy atom. The Morgan fingerprint density at radius 1 is 1.44 bits per heavy atom. The smallest absolute Gasteiger partial charge is 0.126 e. The van der Waals surface area contributed by atoms with E-state index in [0.29, 0.717) is 13.2 Å². The summed E-state index contributed by atoms with van der Waals surface area (Å²) in [6.07, 6.45) is 2.51. The predicted octanol–water partition coefficient (Wildman–Crippen LogP) is 2.33. The van der Waals surface area contributed by atoms with Crippen LogP contribution >= 0.6 is 11.6 Å². The summed E-state index contributed by atoms with van der Waals surface area (Å²) in [7, 11) is 1.63. The second-order valence-electron chi connectivity index (χ2n) is 3.19. The lowest BCUT2D eigenvalue weighted by atomic mass is 10.1. The number of nitrogens with two attached hydrogens (primary N) is 1. The number of ether oxygens (including phenoxy) is 2. The third-order valence-electron chi connectivity index (χ3n) is 2.11. The van der Waals surface area contributed by atoms with Crippen molar-refractivity contribution in [3.63, 3.8) is 0 Å². The largest absolute Gasteiger partial charge is 0.497 e. The van der Waals surface area contributed by atoms with Gasteiger partial charge in [0.1, 0.15) is 18.1 Å². The van der Waals surface area contributed by atoms with E-state index in [4.69, 9.17) is 26.8 Å². The molecular formula is C12H16ClNO2. The van der Waals surface area contributed by atoms with Gasteiger partial charge in [-0.1, -0.05) is 17.7 Å². The Balaban J connectivity index is 2.81. The second kappa shape index (κ2) is 7.14. The first kappa shape index (κ1) is 12.9. The molecule has 2 N–H and O–H groups in total. The molecule has 0 aliphatic carbocycles. The minimum Gasteiger partial charge on any atom is -0.497 e. The van der Waals surface area contributed by atoms with Gasteiger partial charge in [0.2, 0.25) is 0 Å². The topological polar surface area (TPSA) is 44.5 Å². The fourth-order valence-electron chi connectivity index (χ4n) is 1.33. The zero-order chi connectivity index (χ0) is 11.8. The molecule has 0 bridgehead atoms. The monoisotopic (exact) mass is 241 g/mol. The van der Waals surface area contributed by atoms with Gasteiger partial charge in [-0.25, -0.2) is 0 Å². The van der Waals surface area contributed by atoms with Gasteiger partial charge >= 0.3 is 0 Å². The molecule has 0 atom stereocenters. The standard InChI is InChI=1S/C12H16ClNO2/c1-15-11-4-3-10(5-7-14)12(9-11)16-8-2-6-13/h2-4,6,9H,5,7-8,14H2,1H3. The Bertz CT molecular complexity index is 353. The molecule has 1 aromatic rings. The summed E-state index contributed by atoms with van der Waals surface area (Å²) < 4.78 is 10.7. The summed E-state index contributed by atoms with van der Waals surface area (Å²) in [4.78, 5) is 0. The van der Waals surface area contributed by atoms with Crippen LogP contribution in [0.2, 0.25) is 0 Å². The molecule has 1 aromatic carbocycles. The van der Waals surface area contributed by atoms with E-state index in [1.807, 2.05) is 18.2 Å². The maximum Gasteiger partial charge on any atom is 0.126 e. The van der Waals surface area contributed by atoms with Crippen molar-refractivity contribution >= 4 is 11.6 Å². The van der Waals surface area contributed by atoms with Crippen LogP contribution < -0.4 is 15.2 Å². The van der Waals surface area contributed by atoms with Crippen molar-refractivity contribution in [2.45, 2.75) is 6.42 Å². The zero-order valence-electron chi connectivity index (χ0n) is 9.28. The fourth-order valence-corrected chi connectivity index (χ4v) is 1.41. The van der Waals surface area contributed by atoms with Crippen LogP contribution in [0.4, 0.5) is 0 Å². The van der Waals surface area contributed by atoms with E-state index in [1.54, 1.807) is 13.2 Å². The van der Waals surface area contributed by atoms with Gasteiger partial charge in [-0.05, 0) is 30.7 Å². The Hall–Kier alpha value is -1.19. The zero-order valence-corrected chi connectivity index (χ0v) is 10.0. The summed E-state index contributed by atoms with van der Waals surface area (Å²) in [5.41, 5.74) is 8.04. The van der Waals surface area contributed by atoms with Gasteiger partial charge in [-0.15, -0.1) is 0 Å². The molecule has 0 heterocycles. The lowest BCUT2D eigenvalue weighted by Gasteiger charge is -2.11. The summed E-state index contributed by atoms with van der Waals surface area (Å²) in [5.74, 6) is 1.56. The average Bonchev–Trinajstić information content (AvgIpc) is 2.31. The van der Waals surface area contributed by atoms with Crippen molar-refractivity contribution in [3.05, 3.63) is 35.4 Å². The lowest BCUT2D eigenvalue weighted by Crippen LogP contribution is -2.05. The van der Waals surface area contributed by atoms with E-state index in [-0.39, 0.29) is 0 Å². The van der Waals surface area contributed by atoms with Gasteiger partial charge in [0.05, 0.1) is 7.11 Å². The number of halogens is 1. The molecule has 4 heteroatoms. The molecule has 0 aliphatic rings. The molecule has 0 spiro atoms. The first-order valence-electron chi connectivity index (χ1n) is 5.06. The summed E-state index contributed by atoms with van der Waals surface area (Å²) in [6, 6.07) is 5.72. The van der Waals surface area contributed by atoms with Crippen LogP contribution in [0.5, 0.6) is 11.5 Å². The third kappa shape index (κ3) is 3.76. The number of benzene rings is 1. The molecule has 88 valence electrons.